The van der Waals surface area contributed by atoms with Gasteiger partial charge in [-0.25, -0.2) is 4.79 Å². The van der Waals surface area contributed by atoms with E-state index in [0.29, 0.717) is 10.6 Å². The molecular formula is C15H13ClO2. The first-order chi connectivity index (χ1) is 8.49. The predicted octanol–water partition coefficient (Wildman–Crippen LogP) is 4.32. The molecule has 0 atom stereocenters. The third-order valence-electron chi connectivity index (χ3n) is 2.88. The maximum Gasteiger partial charge on any atom is 0.336 e. The molecule has 0 saturated heterocycles. The summed E-state index contributed by atoms with van der Waals surface area (Å²) < 4.78 is 0. The maximum atomic E-state index is 11.3. The lowest BCUT2D eigenvalue weighted by Crippen LogP contribution is -2.00. The molecule has 0 heterocycles. The number of hydrogen-bond acceptors (Lipinski definition) is 1. The summed E-state index contributed by atoms with van der Waals surface area (Å²) in [5.41, 5.74) is 3.95. The summed E-state index contributed by atoms with van der Waals surface area (Å²) in [6.45, 7) is 3.87. The number of rotatable bonds is 2. The smallest absolute Gasteiger partial charge is 0.336 e. The van der Waals surface area contributed by atoms with E-state index in [1.165, 1.54) is 0 Å². The molecule has 0 radical (unpaired) electrons. The summed E-state index contributed by atoms with van der Waals surface area (Å²) in [6, 6.07) is 10.8. The van der Waals surface area contributed by atoms with E-state index in [-0.39, 0.29) is 0 Å². The Morgan fingerprint density at radius 3 is 2.39 bits per heavy atom. The largest absolute Gasteiger partial charge is 0.478 e. The Bertz CT molecular complexity index is 618. The Morgan fingerprint density at radius 2 is 1.78 bits per heavy atom. The van der Waals surface area contributed by atoms with Crippen LogP contribution in [0.5, 0.6) is 0 Å². The van der Waals surface area contributed by atoms with Crippen LogP contribution in [0.2, 0.25) is 5.02 Å². The third-order valence-corrected chi connectivity index (χ3v) is 3.12. The lowest BCUT2D eigenvalue weighted by atomic mass is 9.94. The highest BCUT2D eigenvalue weighted by atomic mass is 35.5. The van der Waals surface area contributed by atoms with Gasteiger partial charge in [0.2, 0.25) is 0 Å². The molecule has 92 valence electrons. The first-order valence-corrected chi connectivity index (χ1v) is 5.97. The first-order valence-electron chi connectivity index (χ1n) is 5.59. The molecule has 1 N–H and O–H groups in total. The molecule has 2 rings (SSSR count). The van der Waals surface area contributed by atoms with Crippen LogP contribution in [0.25, 0.3) is 11.1 Å². The second kappa shape index (κ2) is 4.83. The van der Waals surface area contributed by atoms with E-state index >= 15 is 0 Å². The van der Waals surface area contributed by atoms with Crippen molar-refractivity contribution in [2.75, 3.05) is 0 Å². The second-order valence-corrected chi connectivity index (χ2v) is 4.75. The number of carboxylic acid groups (broad SMARTS) is 1. The molecule has 3 heteroatoms. The van der Waals surface area contributed by atoms with Crippen LogP contribution in [0.15, 0.2) is 36.4 Å². The van der Waals surface area contributed by atoms with Crippen molar-refractivity contribution in [2.24, 2.45) is 0 Å². The van der Waals surface area contributed by atoms with Crippen molar-refractivity contribution in [3.05, 3.63) is 58.1 Å². The van der Waals surface area contributed by atoms with E-state index < -0.39 is 5.97 Å². The summed E-state index contributed by atoms with van der Waals surface area (Å²) in [6.07, 6.45) is 0. The fourth-order valence-corrected chi connectivity index (χ4v) is 2.22. The van der Waals surface area contributed by atoms with Crippen LogP contribution in [0, 0.1) is 13.8 Å². The zero-order valence-corrected chi connectivity index (χ0v) is 11.0. The van der Waals surface area contributed by atoms with Crippen LogP contribution in [0.4, 0.5) is 0 Å². The Balaban J connectivity index is 2.69. The van der Waals surface area contributed by atoms with E-state index in [0.717, 1.165) is 22.3 Å². The number of carbonyl (C=O) groups is 1. The zero-order chi connectivity index (χ0) is 13.3. The monoisotopic (exact) mass is 260 g/mol. The number of aryl methyl sites for hydroxylation is 2. The number of hydrogen-bond donors (Lipinski definition) is 1. The minimum absolute atomic E-state index is 0.311. The van der Waals surface area contributed by atoms with E-state index in [1.54, 1.807) is 18.2 Å². The van der Waals surface area contributed by atoms with Crippen molar-refractivity contribution in [3.8, 4) is 11.1 Å². The van der Waals surface area contributed by atoms with Gasteiger partial charge in [-0.1, -0.05) is 35.4 Å². The van der Waals surface area contributed by atoms with Gasteiger partial charge in [0.05, 0.1) is 5.56 Å². The number of aromatic carboxylic acids is 1. The topological polar surface area (TPSA) is 37.3 Å². The van der Waals surface area contributed by atoms with Gasteiger partial charge < -0.3 is 5.11 Å². The summed E-state index contributed by atoms with van der Waals surface area (Å²) >= 11 is 5.92. The summed E-state index contributed by atoms with van der Waals surface area (Å²) in [4.78, 5) is 11.3. The van der Waals surface area contributed by atoms with Crippen molar-refractivity contribution in [3.63, 3.8) is 0 Å². The number of benzene rings is 2. The van der Waals surface area contributed by atoms with Crippen LogP contribution in [-0.4, -0.2) is 11.1 Å². The summed E-state index contributed by atoms with van der Waals surface area (Å²) in [5, 5.41) is 9.89. The predicted molar refractivity (Wildman–Crippen MR) is 73.3 cm³/mol. The molecule has 0 fully saturated rings. The molecule has 0 aliphatic carbocycles. The summed E-state index contributed by atoms with van der Waals surface area (Å²) in [5.74, 6) is -0.917. The van der Waals surface area contributed by atoms with E-state index in [4.69, 9.17) is 11.6 Å². The SMILES string of the molecule is Cc1ccc(C(=O)O)c(-c2ccc(Cl)cc2C)c1. The molecule has 2 aromatic rings. The fraction of sp³-hybridized carbons (Fsp3) is 0.133. The highest BCUT2D eigenvalue weighted by molar-refractivity contribution is 6.30. The molecule has 0 aliphatic rings. The average molecular weight is 261 g/mol. The quantitative estimate of drug-likeness (QED) is 0.873. The average Bonchev–Trinajstić information content (AvgIpc) is 2.28. The second-order valence-electron chi connectivity index (χ2n) is 4.31. The lowest BCUT2D eigenvalue weighted by molar-refractivity contribution is 0.0698. The minimum atomic E-state index is -0.917. The van der Waals surface area contributed by atoms with Gasteiger partial charge >= 0.3 is 5.97 Å². The van der Waals surface area contributed by atoms with Crippen LogP contribution in [0.1, 0.15) is 21.5 Å². The molecular weight excluding hydrogens is 248 g/mol. The van der Waals surface area contributed by atoms with Gasteiger partial charge in [-0.3, -0.25) is 0 Å². The Hall–Kier alpha value is -1.80. The Morgan fingerprint density at radius 1 is 1.06 bits per heavy atom. The van der Waals surface area contributed by atoms with E-state index in [9.17, 15) is 9.90 Å². The normalized spacial score (nSPS) is 10.4. The van der Waals surface area contributed by atoms with Gasteiger partial charge in [-0.15, -0.1) is 0 Å². The van der Waals surface area contributed by atoms with Crippen LogP contribution >= 0.6 is 11.6 Å². The van der Waals surface area contributed by atoms with Gasteiger partial charge in [-0.05, 0) is 48.7 Å². The molecule has 0 aliphatic heterocycles. The molecule has 0 bridgehead atoms. The maximum absolute atomic E-state index is 11.3. The van der Waals surface area contributed by atoms with Crippen molar-refractivity contribution >= 4 is 17.6 Å². The highest BCUT2D eigenvalue weighted by Crippen LogP contribution is 2.29. The number of carboxylic acids is 1. The first kappa shape index (κ1) is 12.7. The van der Waals surface area contributed by atoms with Crippen molar-refractivity contribution in [1.82, 2.24) is 0 Å². The molecule has 0 amide bonds. The van der Waals surface area contributed by atoms with Crippen LogP contribution < -0.4 is 0 Å². The molecule has 2 nitrogen and oxygen atoms in total. The van der Waals surface area contributed by atoms with Crippen molar-refractivity contribution < 1.29 is 9.90 Å². The van der Waals surface area contributed by atoms with E-state index in [2.05, 4.69) is 0 Å². The lowest BCUT2D eigenvalue weighted by Gasteiger charge is -2.10. The molecule has 0 unspecified atom stereocenters. The molecule has 0 aromatic heterocycles. The van der Waals surface area contributed by atoms with E-state index in [1.807, 2.05) is 32.0 Å². The van der Waals surface area contributed by atoms with Gasteiger partial charge in [0.15, 0.2) is 0 Å². The fourth-order valence-electron chi connectivity index (χ4n) is 2.00. The Kier molecular flexibility index (Phi) is 3.39. The molecule has 18 heavy (non-hydrogen) atoms. The van der Waals surface area contributed by atoms with Crippen LogP contribution in [-0.2, 0) is 0 Å². The minimum Gasteiger partial charge on any atom is -0.478 e. The van der Waals surface area contributed by atoms with Crippen LogP contribution in [0.3, 0.4) is 0 Å². The summed E-state index contributed by atoms with van der Waals surface area (Å²) in [7, 11) is 0. The molecule has 0 saturated carbocycles. The number of halogens is 1. The molecule has 2 aromatic carbocycles. The van der Waals surface area contributed by atoms with Gasteiger partial charge in [-0.2, -0.15) is 0 Å². The standard InChI is InChI=1S/C15H13ClO2/c1-9-3-5-13(15(17)18)14(7-9)12-6-4-11(16)8-10(12)2/h3-8H,1-2H3,(H,17,18). The van der Waals surface area contributed by atoms with Gasteiger partial charge in [0.1, 0.15) is 0 Å². The van der Waals surface area contributed by atoms with Gasteiger partial charge in [0, 0.05) is 5.02 Å². The highest BCUT2D eigenvalue weighted by Gasteiger charge is 2.13. The van der Waals surface area contributed by atoms with Crippen molar-refractivity contribution in [2.45, 2.75) is 13.8 Å². The zero-order valence-electron chi connectivity index (χ0n) is 10.2. The Labute approximate surface area is 111 Å². The third kappa shape index (κ3) is 2.39. The molecule has 0 spiro atoms. The van der Waals surface area contributed by atoms with Crippen molar-refractivity contribution in [1.29, 1.82) is 0 Å². The van der Waals surface area contributed by atoms with Gasteiger partial charge in [0.25, 0.3) is 0 Å².